The molecule has 2 N–H and O–H groups in total. The van der Waals surface area contributed by atoms with Gasteiger partial charge in [-0.1, -0.05) is 11.8 Å². The second-order valence-electron chi connectivity index (χ2n) is 4.08. The molecule has 0 radical (unpaired) electrons. The fraction of sp³-hybridized carbons (Fsp3) is 0.333. The Labute approximate surface area is 120 Å². The topological polar surface area (TPSA) is 101 Å². The van der Waals surface area contributed by atoms with Gasteiger partial charge in [-0.15, -0.1) is 0 Å². The van der Waals surface area contributed by atoms with E-state index in [1.54, 1.807) is 6.92 Å². The Morgan fingerprint density at radius 2 is 1.95 bits per heavy atom. The molecular formula is C12H15N3O4S. The van der Waals surface area contributed by atoms with Gasteiger partial charge in [-0.3, -0.25) is 19.7 Å². The van der Waals surface area contributed by atoms with Gasteiger partial charge in [0.2, 0.25) is 11.8 Å². The second kappa shape index (κ2) is 6.90. The molecule has 1 atom stereocenters. The zero-order valence-electron chi connectivity index (χ0n) is 11.3. The van der Waals surface area contributed by atoms with E-state index in [1.807, 2.05) is 0 Å². The first-order chi connectivity index (χ1) is 9.29. The van der Waals surface area contributed by atoms with E-state index in [4.69, 9.17) is 0 Å². The smallest absolute Gasteiger partial charge is 0.283 e. The normalized spacial score (nSPS) is 11.6. The summed E-state index contributed by atoms with van der Waals surface area (Å²) >= 11 is 1.14. The van der Waals surface area contributed by atoms with Gasteiger partial charge in [0.15, 0.2) is 0 Å². The molecule has 1 aromatic carbocycles. The molecule has 0 heterocycles. The van der Waals surface area contributed by atoms with Gasteiger partial charge in [0, 0.05) is 25.6 Å². The van der Waals surface area contributed by atoms with Crippen molar-refractivity contribution in [3.8, 4) is 0 Å². The van der Waals surface area contributed by atoms with Crippen LogP contribution in [0.3, 0.4) is 0 Å². The number of anilines is 1. The summed E-state index contributed by atoms with van der Waals surface area (Å²) in [4.78, 5) is 32.8. The molecule has 0 aliphatic carbocycles. The number of nitro benzene ring substituents is 1. The van der Waals surface area contributed by atoms with Crippen LogP contribution in [0.1, 0.15) is 20.8 Å². The summed E-state index contributed by atoms with van der Waals surface area (Å²) in [5, 5.41) is 15.9. The van der Waals surface area contributed by atoms with Crippen LogP contribution in [0.5, 0.6) is 0 Å². The van der Waals surface area contributed by atoms with Gasteiger partial charge in [-0.2, -0.15) is 0 Å². The monoisotopic (exact) mass is 297 g/mol. The number of nitro groups is 1. The van der Waals surface area contributed by atoms with Gasteiger partial charge >= 0.3 is 0 Å². The van der Waals surface area contributed by atoms with E-state index in [1.165, 1.54) is 32.0 Å². The zero-order chi connectivity index (χ0) is 15.3. The van der Waals surface area contributed by atoms with E-state index in [9.17, 15) is 19.7 Å². The molecule has 1 aromatic rings. The van der Waals surface area contributed by atoms with Crippen LogP contribution in [-0.2, 0) is 9.59 Å². The average molecular weight is 297 g/mol. The number of thioether (sulfide) groups is 1. The van der Waals surface area contributed by atoms with E-state index in [0.29, 0.717) is 10.6 Å². The summed E-state index contributed by atoms with van der Waals surface area (Å²) < 4.78 is 0. The minimum atomic E-state index is -0.500. The van der Waals surface area contributed by atoms with Crippen molar-refractivity contribution in [2.75, 3.05) is 5.32 Å². The number of carbonyl (C=O) groups is 2. The molecule has 2 amide bonds. The molecular weight excluding hydrogens is 282 g/mol. The van der Waals surface area contributed by atoms with Crippen LogP contribution >= 0.6 is 11.8 Å². The first-order valence-corrected chi connectivity index (χ1v) is 6.67. The molecule has 108 valence electrons. The Morgan fingerprint density at radius 1 is 1.30 bits per heavy atom. The lowest BCUT2D eigenvalue weighted by molar-refractivity contribution is -0.387. The van der Waals surface area contributed by atoms with Crippen LogP contribution in [0.25, 0.3) is 0 Å². The van der Waals surface area contributed by atoms with Crippen LogP contribution in [0, 0.1) is 10.1 Å². The molecule has 0 aromatic heterocycles. The van der Waals surface area contributed by atoms with Crippen LogP contribution in [0.15, 0.2) is 23.1 Å². The highest BCUT2D eigenvalue weighted by atomic mass is 32.2. The van der Waals surface area contributed by atoms with E-state index in [0.717, 1.165) is 11.8 Å². The van der Waals surface area contributed by atoms with Crippen molar-refractivity contribution in [3.63, 3.8) is 0 Å². The number of amides is 2. The van der Waals surface area contributed by atoms with E-state index < -0.39 is 4.92 Å². The highest BCUT2D eigenvalue weighted by molar-refractivity contribution is 8.00. The summed E-state index contributed by atoms with van der Waals surface area (Å²) in [6.07, 6.45) is 0. The first kappa shape index (κ1) is 16.0. The summed E-state index contributed by atoms with van der Waals surface area (Å²) in [6, 6.07) is 4.31. The number of rotatable bonds is 5. The number of hydrogen-bond donors (Lipinski definition) is 2. The molecule has 1 rings (SSSR count). The molecule has 8 heteroatoms. The van der Waals surface area contributed by atoms with Crippen LogP contribution < -0.4 is 10.6 Å². The summed E-state index contributed by atoms with van der Waals surface area (Å²) in [5.74, 6) is -0.476. The minimum absolute atomic E-state index is 0.0682. The maximum Gasteiger partial charge on any atom is 0.283 e. The van der Waals surface area contributed by atoms with Crippen LogP contribution in [0.4, 0.5) is 11.4 Å². The lowest BCUT2D eigenvalue weighted by Crippen LogP contribution is -2.27. The molecule has 0 saturated carbocycles. The third-order valence-corrected chi connectivity index (χ3v) is 3.24. The van der Waals surface area contributed by atoms with Crippen molar-refractivity contribution in [3.05, 3.63) is 28.3 Å². The largest absolute Gasteiger partial charge is 0.345 e. The van der Waals surface area contributed by atoms with Gasteiger partial charge in [0.1, 0.15) is 0 Å². The Morgan fingerprint density at radius 3 is 2.45 bits per heavy atom. The lowest BCUT2D eigenvalue weighted by Gasteiger charge is -2.13. The highest BCUT2D eigenvalue weighted by Gasteiger charge is 2.18. The number of carbonyl (C=O) groups excluding carboxylic acids is 2. The number of nitrogens with zero attached hydrogens (tertiary/aromatic N) is 1. The third kappa shape index (κ3) is 4.88. The molecule has 0 saturated heterocycles. The lowest BCUT2D eigenvalue weighted by atomic mass is 10.3. The predicted molar refractivity (Wildman–Crippen MR) is 76.5 cm³/mol. The second-order valence-corrected chi connectivity index (χ2v) is 5.46. The zero-order valence-corrected chi connectivity index (χ0v) is 12.1. The number of hydrogen-bond acceptors (Lipinski definition) is 5. The predicted octanol–water partition coefficient (Wildman–Crippen LogP) is 2.13. The highest BCUT2D eigenvalue weighted by Crippen LogP contribution is 2.33. The first-order valence-electron chi connectivity index (χ1n) is 5.79. The molecule has 0 fully saturated rings. The minimum Gasteiger partial charge on any atom is -0.345 e. The molecule has 20 heavy (non-hydrogen) atoms. The van der Waals surface area contributed by atoms with Crippen LogP contribution in [0.2, 0.25) is 0 Å². The van der Waals surface area contributed by atoms with Gasteiger partial charge in [-0.05, 0) is 19.1 Å². The fourth-order valence-electron chi connectivity index (χ4n) is 1.55. The van der Waals surface area contributed by atoms with Crippen molar-refractivity contribution in [1.29, 1.82) is 0 Å². The quantitative estimate of drug-likeness (QED) is 0.375. The fourth-order valence-corrected chi connectivity index (χ4v) is 2.61. The van der Waals surface area contributed by atoms with Crippen molar-refractivity contribution in [2.45, 2.75) is 31.0 Å². The van der Waals surface area contributed by atoms with Crippen molar-refractivity contribution in [1.82, 2.24) is 5.32 Å². The Kier molecular flexibility index (Phi) is 5.51. The van der Waals surface area contributed by atoms with Gasteiger partial charge in [0.05, 0.1) is 15.2 Å². The number of benzene rings is 1. The van der Waals surface area contributed by atoms with E-state index in [2.05, 4.69) is 10.6 Å². The van der Waals surface area contributed by atoms with Crippen molar-refractivity contribution >= 4 is 35.0 Å². The molecule has 0 spiro atoms. The summed E-state index contributed by atoms with van der Waals surface area (Å²) in [7, 11) is 0. The molecule has 0 bridgehead atoms. The van der Waals surface area contributed by atoms with E-state index in [-0.39, 0.29) is 22.9 Å². The van der Waals surface area contributed by atoms with E-state index >= 15 is 0 Å². The maximum atomic E-state index is 11.0. The standard InChI is InChI=1S/C12H15N3O4S/c1-7(16)13-9(3)20-12-6-10(14-8(2)17)4-5-11(12)15(18)19/h4-6,9H,1-3H3,(H,13,16)(H,14,17). The Hall–Kier alpha value is -2.09. The van der Waals surface area contributed by atoms with Gasteiger partial charge in [0.25, 0.3) is 5.69 Å². The van der Waals surface area contributed by atoms with Crippen LogP contribution in [-0.4, -0.2) is 22.1 Å². The molecule has 0 aliphatic rings. The average Bonchev–Trinajstić information content (AvgIpc) is 2.26. The molecule has 0 aliphatic heterocycles. The summed E-state index contributed by atoms with van der Waals surface area (Å²) in [5.41, 5.74) is 0.405. The maximum absolute atomic E-state index is 11.0. The number of nitrogens with one attached hydrogen (secondary N) is 2. The Balaban J connectivity index is 3.02. The molecule has 1 unspecified atom stereocenters. The van der Waals surface area contributed by atoms with Gasteiger partial charge < -0.3 is 10.6 Å². The van der Waals surface area contributed by atoms with Crippen molar-refractivity contribution in [2.24, 2.45) is 0 Å². The van der Waals surface area contributed by atoms with Crippen molar-refractivity contribution < 1.29 is 14.5 Å². The summed E-state index contributed by atoms with van der Waals surface area (Å²) in [6.45, 7) is 4.45. The SMILES string of the molecule is CC(=O)Nc1ccc([N+](=O)[O-])c(SC(C)NC(C)=O)c1. The third-order valence-electron chi connectivity index (χ3n) is 2.19. The Bertz CT molecular complexity index is 548. The molecule has 7 nitrogen and oxygen atoms in total. The van der Waals surface area contributed by atoms with Gasteiger partial charge in [-0.25, -0.2) is 0 Å².